The van der Waals surface area contributed by atoms with Crippen LogP contribution in [0.1, 0.15) is 20.8 Å². The average Bonchev–Trinajstić information content (AvgIpc) is 2.24. The second-order valence-electron chi connectivity index (χ2n) is 3.56. The van der Waals surface area contributed by atoms with Crippen molar-refractivity contribution in [2.45, 2.75) is 20.8 Å². The lowest BCUT2D eigenvalue weighted by molar-refractivity contribution is -0.116. The fraction of sp³-hybridized carbons (Fsp3) is 0.455. The second-order valence-corrected chi connectivity index (χ2v) is 3.56. The zero-order chi connectivity index (χ0) is 11.6. The van der Waals surface area contributed by atoms with Gasteiger partial charge in [0.25, 0.3) is 0 Å². The molecule has 2 N–H and O–H groups in total. The lowest BCUT2D eigenvalue weighted by atomic mass is 9.89. The number of hydrogen-bond acceptors (Lipinski definition) is 4. The molecule has 0 radical (unpaired) electrons. The molecule has 0 bridgehead atoms. The summed E-state index contributed by atoms with van der Waals surface area (Å²) in [7, 11) is 0. The highest BCUT2D eigenvalue weighted by Gasteiger charge is 2.27. The highest BCUT2D eigenvalue weighted by atomic mass is 16.3. The fourth-order valence-electron chi connectivity index (χ4n) is 1.49. The molecular formula is C11H15NO3. The van der Waals surface area contributed by atoms with E-state index in [4.69, 9.17) is 5.11 Å². The van der Waals surface area contributed by atoms with E-state index in [1.165, 1.54) is 0 Å². The quantitative estimate of drug-likeness (QED) is 0.657. The molecular weight excluding hydrogens is 194 g/mol. The number of nitrogens with one attached hydrogen (secondary N) is 1. The van der Waals surface area contributed by atoms with Gasteiger partial charge in [-0.05, 0) is 20.8 Å². The van der Waals surface area contributed by atoms with E-state index in [0.29, 0.717) is 22.4 Å². The number of hydrogen-bond donors (Lipinski definition) is 2. The maximum atomic E-state index is 11.8. The van der Waals surface area contributed by atoms with Crippen molar-refractivity contribution in [2.24, 2.45) is 0 Å². The highest BCUT2D eigenvalue weighted by Crippen LogP contribution is 2.22. The molecule has 0 unspecified atom stereocenters. The van der Waals surface area contributed by atoms with Crippen molar-refractivity contribution < 1.29 is 14.7 Å². The number of rotatable bonds is 3. The van der Waals surface area contributed by atoms with Crippen molar-refractivity contribution in [1.29, 1.82) is 0 Å². The molecule has 1 aliphatic carbocycles. The highest BCUT2D eigenvalue weighted by molar-refractivity contribution is 6.24. The Morgan fingerprint density at radius 1 is 1.00 bits per heavy atom. The average molecular weight is 209 g/mol. The predicted octanol–water partition coefficient (Wildman–Crippen LogP) is 0.331. The normalized spacial score (nSPS) is 17.6. The Morgan fingerprint density at radius 3 is 2.07 bits per heavy atom. The van der Waals surface area contributed by atoms with Crippen LogP contribution in [0.2, 0.25) is 0 Å². The largest absolute Gasteiger partial charge is 0.395 e. The molecule has 0 saturated heterocycles. The Morgan fingerprint density at radius 2 is 1.53 bits per heavy atom. The summed E-state index contributed by atoms with van der Waals surface area (Å²) >= 11 is 0. The van der Waals surface area contributed by atoms with Gasteiger partial charge in [-0.3, -0.25) is 9.59 Å². The van der Waals surface area contributed by atoms with Crippen LogP contribution in [0.15, 0.2) is 22.4 Å². The van der Waals surface area contributed by atoms with Gasteiger partial charge in [0.1, 0.15) is 0 Å². The van der Waals surface area contributed by atoms with Crippen LogP contribution in [0.5, 0.6) is 0 Å². The lowest BCUT2D eigenvalue weighted by Crippen LogP contribution is -2.31. The first-order chi connectivity index (χ1) is 7.00. The molecule has 1 aliphatic rings. The molecule has 0 spiro atoms. The number of aliphatic hydroxyl groups excluding tert-OH is 1. The van der Waals surface area contributed by atoms with Crippen LogP contribution in [0, 0.1) is 0 Å². The molecule has 0 fully saturated rings. The molecule has 0 aromatic carbocycles. The first-order valence-electron chi connectivity index (χ1n) is 4.83. The van der Waals surface area contributed by atoms with Gasteiger partial charge in [-0.25, -0.2) is 0 Å². The third-order valence-corrected chi connectivity index (χ3v) is 2.60. The SMILES string of the molecule is CC1=C(C)C(=O)C(NCCO)=C(C)C1=O. The number of allylic oxidation sites excluding steroid dienone is 3. The zero-order valence-corrected chi connectivity index (χ0v) is 9.18. The van der Waals surface area contributed by atoms with Crippen molar-refractivity contribution in [3.63, 3.8) is 0 Å². The third kappa shape index (κ3) is 1.99. The Balaban J connectivity index is 3.05. The number of aliphatic hydroxyl groups is 1. The van der Waals surface area contributed by atoms with Gasteiger partial charge in [0.15, 0.2) is 5.78 Å². The second kappa shape index (κ2) is 4.40. The molecule has 15 heavy (non-hydrogen) atoms. The molecule has 0 aromatic heterocycles. The van der Waals surface area contributed by atoms with Gasteiger partial charge in [-0.15, -0.1) is 0 Å². The standard InChI is InChI=1S/C11H15NO3/c1-6-7(2)11(15)9(12-4-5-13)8(3)10(6)14/h12-13H,4-5H2,1-3H3. The van der Waals surface area contributed by atoms with Crippen LogP contribution in [-0.4, -0.2) is 29.8 Å². The van der Waals surface area contributed by atoms with Crippen LogP contribution in [-0.2, 0) is 9.59 Å². The number of ketones is 2. The minimum absolute atomic E-state index is 0.0694. The summed E-state index contributed by atoms with van der Waals surface area (Å²) in [6.45, 7) is 5.12. The van der Waals surface area contributed by atoms with Crippen LogP contribution in [0.4, 0.5) is 0 Å². The summed E-state index contributed by atoms with van der Waals surface area (Å²) in [5.74, 6) is -0.259. The molecule has 0 aromatic rings. The molecule has 0 amide bonds. The van der Waals surface area contributed by atoms with Gasteiger partial charge < -0.3 is 10.4 Å². The summed E-state index contributed by atoms with van der Waals surface area (Å²) in [5, 5.41) is 11.4. The van der Waals surface area contributed by atoms with E-state index in [2.05, 4.69) is 5.32 Å². The number of carbonyl (C=O) groups is 2. The van der Waals surface area contributed by atoms with Gasteiger partial charge in [0, 0.05) is 23.3 Å². The van der Waals surface area contributed by atoms with Gasteiger partial charge in [-0.2, -0.15) is 0 Å². The van der Waals surface area contributed by atoms with Crippen LogP contribution in [0.3, 0.4) is 0 Å². The summed E-state index contributed by atoms with van der Waals surface area (Å²) in [5.41, 5.74) is 1.73. The van der Waals surface area contributed by atoms with E-state index in [1.54, 1.807) is 20.8 Å². The van der Waals surface area contributed by atoms with E-state index >= 15 is 0 Å². The summed E-state index contributed by atoms with van der Waals surface area (Å²) in [6, 6.07) is 0. The fourth-order valence-corrected chi connectivity index (χ4v) is 1.49. The molecule has 82 valence electrons. The van der Waals surface area contributed by atoms with Crippen molar-refractivity contribution >= 4 is 11.6 Å². The summed E-state index contributed by atoms with van der Waals surface area (Å²) < 4.78 is 0. The van der Waals surface area contributed by atoms with Gasteiger partial charge in [-0.1, -0.05) is 0 Å². The van der Waals surface area contributed by atoms with Gasteiger partial charge >= 0.3 is 0 Å². The van der Waals surface area contributed by atoms with E-state index in [1.807, 2.05) is 0 Å². The molecule has 0 atom stereocenters. The summed E-state index contributed by atoms with van der Waals surface area (Å²) in [6.07, 6.45) is 0. The van der Waals surface area contributed by atoms with Crippen LogP contribution in [0.25, 0.3) is 0 Å². The maximum Gasteiger partial charge on any atom is 0.205 e. The summed E-state index contributed by atoms with van der Waals surface area (Å²) in [4.78, 5) is 23.5. The molecule has 0 heterocycles. The minimum Gasteiger partial charge on any atom is -0.395 e. The number of carbonyl (C=O) groups excluding carboxylic acids is 2. The van der Waals surface area contributed by atoms with Gasteiger partial charge in [0.05, 0.1) is 12.3 Å². The third-order valence-electron chi connectivity index (χ3n) is 2.60. The van der Waals surface area contributed by atoms with Crippen molar-refractivity contribution in [3.8, 4) is 0 Å². The van der Waals surface area contributed by atoms with Gasteiger partial charge in [0.2, 0.25) is 5.78 Å². The van der Waals surface area contributed by atoms with Crippen LogP contribution < -0.4 is 5.32 Å². The van der Waals surface area contributed by atoms with Crippen molar-refractivity contribution in [1.82, 2.24) is 5.32 Å². The monoisotopic (exact) mass is 209 g/mol. The molecule has 0 saturated carbocycles. The maximum absolute atomic E-state index is 11.8. The predicted molar refractivity (Wildman–Crippen MR) is 56.2 cm³/mol. The zero-order valence-electron chi connectivity index (χ0n) is 9.18. The van der Waals surface area contributed by atoms with E-state index in [-0.39, 0.29) is 24.7 Å². The molecule has 4 nitrogen and oxygen atoms in total. The first kappa shape index (κ1) is 11.7. The topological polar surface area (TPSA) is 66.4 Å². The minimum atomic E-state index is -0.155. The first-order valence-corrected chi connectivity index (χ1v) is 4.83. The van der Waals surface area contributed by atoms with E-state index in [0.717, 1.165) is 0 Å². The van der Waals surface area contributed by atoms with Crippen molar-refractivity contribution in [3.05, 3.63) is 22.4 Å². The smallest absolute Gasteiger partial charge is 0.205 e. The Kier molecular flexibility index (Phi) is 3.42. The Bertz CT molecular complexity index is 377. The van der Waals surface area contributed by atoms with Crippen LogP contribution >= 0.6 is 0 Å². The van der Waals surface area contributed by atoms with Crippen molar-refractivity contribution in [2.75, 3.05) is 13.2 Å². The Labute approximate surface area is 88.7 Å². The number of Topliss-reactive ketones (excluding diaryl/α,β-unsaturated/α-hetero) is 2. The molecule has 1 rings (SSSR count). The van der Waals surface area contributed by atoms with E-state index in [9.17, 15) is 9.59 Å². The molecule has 0 aliphatic heterocycles. The Hall–Kier alpha value is -1.42. The van der Waals surface area contributed by atoms with E-state index < -0.39 is 0 Å². The molecule has 4 heteroatoms. The lowest BCUT2D eigenvalue weighted by Gasteiger charge is -2.19.